The normalized spacial score (nSPS) is 14.9. The molecule has 1 aliphatic heterocycles. The second-order valence-corrected chi connectivity index (χ2v) is 7.21. The first-order valence-electron chi connectivity index (χ1n) is 9.18. The molecule has 0 aliphatic carbocycles. The molecule has 0 atom stereocenters. The summed E-state index contributed by atoms with van der Waals surface area (Å²) in [4.78, 5) is 26.2. The molecule has 160 valence electrons. The molecule has 1 N–H and O–H groups in total. The van der Waals surface area contributed by atoms with Crippen molar-refractivity contribution in [3.05, 3.63) is 59.2 Å². The number of carbonyl (C=O) groups is 2. The first-order chi connectivity index (χ1) is 14.6. The molecule has 0 unspecified atom stereocenters. The summed E-state index contributed by atoms with van der Waals surface area (Å²) in [6.07, 6.45) is -4.41. The maximum absolute atomic E-state index is 13.4. The molecule has 3 rings (SSSR count). The zero-order chi connectivity index (χ0) is 22.8. The SMILES string of the molecule is N#Cc1ccc(N2C(=O)CCCN(c3ccc(CC(=O)O)cc3)C2=S)cc1C(F)(F)F. The summed E-state index contributed by atoms with van der Waals surface area (Å²) in [6, 6.07) is 11.1. The van der Waals surface area contributed by atoms with Crippen molar-refractivity contribution in [2.45, 2.75) is 25.4 Å². The average Bonchev–Trinajstić information content (AvgIpc) is 2.85. The Bertz CT molecular complexity index is 1080. The number of halogens is 3. The van der Waals surface area contributed by atoms with Crippen LogP contribution in [0, 0.1) is 11.3 Å². The molecule has 1 fully saturated rings. The minimum Gasteiger partial charge on any atom is -0.481 e. The third kappa shape index (κ3) is 4.83. The van der Waals surface area contributed by atoms with Crippen molar-refractivity contribution in [1.29, 1.82) is 5.26 Å². The standard InChI is InChI=1S/C21H16F3N3O3S/c22-21(23,24)17-11-16(8-5-14(17)12-25)27-18(28)2-1-9-26(20(27)31)15-6-3-13(4-7-15)10-19(29)30/h3-8,11H,1-2,9-10H2,(H,29,30). The van der Waals surface area contributed by atoms with Gasteiger partial charge in [0.2, 0.25) is 5.91 Å². The molecule has 0 spiro atoms. The Hall–Kier alpha value is -3.45. The summed E-state index contributed by atoms with van der Waals surface area (Å²) in [5, 5.41) is 17.9. The van der Waals surface area contributed by atoms with Crippen LogP contribution >= 0.6 is 12.2 Å². The predicted molar refractivity (Wildman–Crippen MR) is 111 cm³/mol. The summed E-state index contributed by atoms with van der Waals surface area (Å²) in [6.45, 7) is 0.363. The van der Waals surface area contributed by atoms with Crippen molar-refractivity contribution in [2.75, 3.05) is 16.3 Å². The van der Waals surface area contributed by atoms with E-state index in [-0.39, 0.29) is 23.6 Å². The van der Waals surface area contributed by atoms with Gasteiger partial charge in [0.25, 0.3) is 0 Å². The highest BCUT2D eigenvalue weighted by Crippen LogP contribution is 2.35. The van der Waals surface area contributed by atoms with Crippen LogP contribution < -0.4 is 9.80 Å². The maximum atomic E-state index is 13.4. The lowest BCUT2D eigenvalue weighted by atomic mass is 10.1. The Balaban J connectivity index is 1.99. The van der Waals surface area contributed by atoms with Crippen molar-refractivity contribution in [2.24, 2.45) is 0 Å². The molecular weight excluding hydrogens is 431 g/mol. The lowest BCUT2D eigenvalue weighted by molar-refractivity contribution is -0.138. The van der Waals surface area contributed by atoms with Gasteiger partial charge in [-0.3, -0.25) is 14.5 Å². The van der Waals surface area contributed by atoms with Crippen LogP contribution in [0.15, 0.2) is 42.5 Å². The molecule has 1 heterocycles. The number of carboxylic acids is 1. The van der Waals surface area contributed by atoms with Gasteiger partial charge in [0.05, 0.1) is 29.3 Å². The van der Waals surface area contributed by atoms with E-state index in [0.29, 0.717) is 24.2 Å². The lowest BCUT2D eigenvalue weighted by Crippen LogP contribution is -2.44. The molecule has 6 nitrogen and oxygen atoms in total. The van der Waals surface area contributed by atoms with Gasteiger partial charge in [0.1, 0.15) is 0 Å². The molecule has 1 aliphatic rings. The van der Waals surface area contributed by atoms with E-state index in [0.717, 1.165) is 17.0 Å². The van der Waals surface area contributed by atoms with Crippen molar-refractivity contribution < 1.29 is 27.9 Å². The van der Waals surface area contributed by atoms with Gasteiger partial charge in [-0.05, 0) is 54.5 Å². The molecule has 31 heavy (non-hydrogen) atoms. The second kappa shape index (κ2) is 8.73. The molecule has 10 heteroatoms. The zero-order valence-corrected chi connectivity index (χ0v) is 16.8. The number of hydrogen-bond acceptors (Lipinski definition) is 4. The molecule has 2 aromatic rings. The molecular formula is C21H16F3N3O3S. The number of carbonyl (C=O) groups excluding carboxylic acids is 1. The van der Waals surface area contributed by atoms with Crippen LogP contribution in [0.2, 0.25) is 0 Å². The Labute approximate surface area is 181 Å². The number of amides is 1. The highest BCUT2D eigenvalue weighted by Gasteiger charge is 2.36. The average molecular weight is 447 g/mol. The van der Waals surface area contributed by atoms with Gasteiger partial charge in [-0.1, -0.05) is 12.1 Å². The summed E-state index contributed by atoms with van der Waals surface area (Å²) in [5.74, 6) is -1.43. The number of thiocarbonyl (C=S) groups is 1. The first kappa shape index (κ1) is 22.2. The zero-order valence-electron chi connectivity index (χ0n) is 16.0. The number of alkyl halides is 3. The van der Waals surface area contributed by atoms with Crippen molar-refractivity contribution in [1.82, 2.24) is 0 Å². The van der Waals surface area contributed by atoms with E-state index in [9.17, 15) is 22.8 Å². The highest BCUT2D eigenvalue weighted by atomic mass is 32.1. The summed E-state index contributed by atoms with van der Waals surface area (Å²) in [7, 11) is 0. The van der Waals surface area contributed by atoms with E-state index in [1.165, 1.54) is 12.1 Å². The smallest absolute Gasteiger partial charge is 0.417 e. The van der Waals surface area contributed by atoms with Crippen molar-refractivity contribution in [3.63, 3.8) is 0 Å². The van der Waals surface area contributed by atoms with E-state index in [1.54, 1.807) is 29.2 Å². The van der Waals surface area contributed by atoms with Gasteiger partial charge in [-0.25, -0.2) is 0 Å². The van der Waals surface area contributed by atoms with Gasteiger partial charge in [0.15, 0.2) is 5.11 Å². The van der Waals surface area contributed by atoms with Crippen LogP contribution in [-0.2, 0) is 22.2 Å². The topological polar surface area (TPSA) is 84.6 Å². The first-order valence-corrected chi connectivity index (χ1v) is 9.59. The Morgan fingerprint density at radius 1 is 1.16 bits per heavy atom. The van der Waals surface area contributed by atoms with Crippen molar-refractivity contribution in [3.8, 4) is 6.07 Å². The van der Waals surface area contributed by atoms with Crippen molar-refractivity contribution >= 4 is 40.6 Å². The number of aliphatic carboxylic acids is 1. The minimum absolute atomic E-state index is 0.00585. The van der Waals surface area contributed by atoms with Gasteiger partial charge >= 0.3 is 12.1 Å². The molecule has 2 aromatic carbocycles. The van der Waals surface area contributed by atoms with E-state index in [2.05, 4.69) is 0 Å². The number of rotatable bonds is 4. The molecule has 0 aromatic heterocycles. The monoisotopic (exact) mass is 447 g/mol. The predicted octanol–water partition coefficient (Wildman–Crippen LogP) is 4.12. The van der Waals surface area contributed by atoms with Gasteiger partial charge in [-0.2, -0.15) is 18.4 Å². The van der Waals surface area contributed by atoms with E-state index in [4.69, 9.17) is 22.6 Å². The van der Waals surface area contributed by atoms with Crippen LogP contribution in [-0.4, -0.2) is 28.6 Å². The Morgan fingerprint density at radius 3 is 2.39 bits per heavy atom. The number of carboxylic acid groups (broad SMARTS) is 1. The van der Waals surface area contributed by atoms with E-state index >= 15 is 0 Å². The Morgan fingerprint density at radius 2 is 1.81 bits per heavy atom. The third-order valence-corrected chi connectivity index (χ3v) is 5.14. The number of benzene rings is 2. The fraction of sp³-hybridized carbons (Fsp3) is 0.238. The van der Waals surface area contributed by atoms with E-state index < -0.39 is 29.2 Å². The molecule has 1 saturated heterocycles. The second-order valence-electron chi connectivity index (χ2n) is 6.84. The lowest BCUT2D eigenvalue weighted by Gasteiger charge is -2.30. The number of anilines is 2. The Kier molecular flexibility index (Phi) is 6.27. The van der Waals surface area contributed by atoms with Gasteiger partial charge in [-0.15, -0.1) is 0 Å². The largest absolute Gasteiger partial charge is 0.481 e. The van der Waals surface area contributed by atoms with Gasteiger partial charge < -0.3 is 10.0 Å². The molecule has 0 saturated carbocycles. The van der Waals surface area contributed by atoms with Crippen LogP contribution in [0.3, 0.4) is 0 Å². The fourth-order valence-corrected chi connectivity index (χ4v) is 3.69. The van der Waals surface area contributed by atoms with Crippen LogP contribution in [0.1, 0.15) is 29.5 Å². The molecule has 0 bridgehead atoms. The minimum atomic E-state index is -4.77. The molecule has 1 amide bonds. The van der Waals surface area contributed by atoms with Crippen LogP contribution in [0.4, 0.5) is 24.5 Å². The quantitative estimate of drug-likeness (QED) is 0.710. The van der Waals surface area contributed by atoms with Crippen LogP contribution in [0.25, 0.3) is 0 Å². The summed E-state index contributed by atoms with van der Waals surface area (Å²) < 4.78 is 40.2. The number of nitriles is 1. The number of hydrogen-bond donors (Lipinski definition) is 1. The number of nitrogens with zero attached hydrogens (tertiary/aromatic N) is 3. The fourth-order valence-electron chi connectivity index (χ4n) is 3.29. The highest BCUT2D eigenvalue weighted by molar-refractivity contribution is 7.81. The summed E-state index contributed by atoms with van der Waals surface area (Å²) in [5.41, 5.74) is -0.599. The van der Waals surface area contributed by atoms with E-state index in [1.807, 2.05) is 0 Å². The maximum Gasteiger partial charge on any atom is 0.417 e. The third-order valence-electron chi connectivity index (χ3n) is 4.73. The molecule has 0 radical (unpaired) electrons. The van der Waals surface area contributed by atoms with Gasteiger partial charge in [0, 0.05) is 18.7 Å². The van der Waals surface area contributed by atoms with Crippen LogP contribution in [0.5, 0.6) is 0 Å². The summed E-state index contributed by atoms with van der Waals surface area (Å²) >= 11 is 5.47.